The maximum atomic E-state index is 11.2. The van der Waals surface area contributed by atoms with Crippen molar-refractivity contribution in [2.75, 3.05) is 7.11 Å². The van der Waals surface area contributed by atoms with Crippen LogP contribution < -0.4 is 9.47 Å². The third-order valence-corrected chi connectivity index (χ3v) is 5.00. The fraction of sp³-hybridized carbons (Fsp3) is 0.0909. The molecule has 6 nitrogen and oxygen atoms in total. The molecule has 7 heteroatoms. The number of H-pyrrole nitrogens is 1. The lowest BCUT2D eigenvalue weighted by Crippen LogP contribution is -1.98. The number of nitrogens with one attached hydrogen (secondary N) is 1. The first kappa shape index (κ1) is 19.0. The van der Waals surface area contributed by atoms with Gasteiger partial charge in [-0.2, -0.15) is 0 Å². The van der Waals surface area contributed by atoms with Crippen molar-refractivity contribution in [3.8, 4) is 22.9 Å². The van der Waals surface area contributed by atoms with Crippen LogP contribution in [0.2, 0.25) is 0 Å². The number of fused-ring (bicyclic) bond motifs is 1. The van der Waals surface area contributed by atoms with Crippen LogP contribution in [0.4, 0.5) is 0 Å². The second-order valence-electron chi connectivity index (χ2n) is 6.40. The van der Waals surface area contributed by atoms with Crippen LogP contribution in [0, 0.1) is 0 Å². The Bertz CT molecular complexity index is 1190. The first-order valence-electron chi connectivity index (χ1n) is 8.82. The number of rotatable bonds is 6. The summed E-state index contributed by atoms with van der Waals surface area (Å²) in [5.74, 6) is 0.868. The van der Waals surface area contributed by atoms with E-state index in [-0.39, 0.29) is 5.56 Å². The van der Waals surface area contributed by atoms with Gasteiger partial charge in [0.1, 0.15) is 12.4 Å². The highest BCUT2D eigenvalue weighted by Crippen LogP contribution is 2.33. The van der Waals surface area contributed by atoms with Crippen molar-refractivity contribution in [2.24, 2.45) is 0 Å². The number of hydrogen-bond donors (Lipinski definition) is 2. The summed E-state index contributed by atoms with van der Waals surface area (Å²) < 4.78 is 12.4. The van der Waals surface area contributed by atoms with Crippen molar-refractivity contribution < 1.29 is 19.4 Å². The zero-order valence-electron chi connectivity index (χ0n) is 15.5. The maximum absolute atomic E-state index is 11.2. The number of aromatic nitrogens is 2. The normalized spacial score (nSPS) is 10.8. The monoisotopic (exact) mass is 452 g/mol. The first-order chi connectivity index (χ1) is 14.0. The minimum Gasteiger partial charge on any atom is -0.493 e. The molecule has 0 saturated carbocycles. The van der Waals surface area contributed by atoms with Gasteiger partial charge in [0.2, 0.25) is 0 Å². The number of benzene rings is 3. The van der Waals surface area contributed by atoms with Gasteiger partial charge >= 0.3 is 5.97 Å². The van der Waals surface area contributed by atoms with Crippen LogP contribution in [0.5, 0.6) is 11.5 Å². The highest BCUT2D eigenvalue weighted by molar-refractivity contribution is 9.10. The topological polar surface area (TPSA) is 84.4 Å². The van der Waals surface area contributed by atoms with E-state index in [2.05, 4.69) is 25.9 Å². The molecule has 0 spiro atoms. The third kappa shape index (κ3) is 4.09. The van der Waals surface area contributed by atoms with E-state index >= 15 is 0 Å². The molecule has 0 unspecified atom stereocenters. The summed E-state index contributed by atoms with van der Waals surface area (Å²) in [6, 6.07) is 18.3. The fourth-order valence-electron chi connectivity index (χ4n) is 2.96. The van der Waals surface area contributed by atoms with E-state index in [1.165, 1.54) is 6.07 Å². The van der Waals surface area contributed by atoms with Crippen LogP contribution in [0.1, 0.15) is 15.9 Å². The Balaban J connectivity index is 1.59. The third-order valence-electron chi connectivity index (χ3n) is 4.47. The largest absolute Gasteiger partial charge is 0.493 e. The van der Waals surface area contributed by atoms with E-state index in [9.17, 15) is 4.79 Å². The minimum atomic E-state index is -0.975. The quantitative estimate of drug-likeness (QED) is 0.415. The van der Waals surface area contributed by atoms with Gasteiger partial charge in [-0.1, -0.05) is 28.1 Å². The van der Waals surface area contributed by atoms with Gasteiger partial charge in [-0.05, 0) is 54.1 Å². The molecule has 0 aliphatic rings. The molecule has 0 saturated heterocycles. The minimum absolute atomic E-state index is 0.210. The Kier molecular flexibility index (Phi) is 5.22. The van der Waals surface area contributed by atoms with Crippen LogP contribution in [0.15, 0.2) is 65.1 Å². The molecule has 0 amide bonds. The van der Waals surface area contributed by atoms with E-state index < -0.39 is 5.97 Å². The summed E-state index contributed by atoms with van der Waals surface area (Å²) in [7, 11) is 1.59. The van der Waals surface area contributed by atoms with Crippen molar-refractivity contribution in [3.63, 3.8) is 0 Å². The average molecular weight is 453 g/mol. The Hall–Kier alpha value is -3.32. The van der Waals surface area contributed by atoms with Gasteiger partial charge in [-0.3, -0.25) is 0 Å². The molecule has 146 valence electrons. The smallest absolute Gasteiger partial charge is 0.335 e. The zero-order valence-corrected chi connectivity index (χ0v) is 17.1. The number of ether oxygens (including phenoxy) is 2. The van der Waals surface area contributed by atoms with Crippen molar-refractivity contribution >= 4 is 32.9 Å². The number of hydrogen-bond acceptors (Lipinski definition) is 4. The number of methoxy groups -OCH3 is 1. The van der Waals surface area contributed by atoms with E-state index in [0.717, 1.165) is 15.6 Å². The fourth-order valence-corrected chi connectivity index (χ4v) is 3.22. The lowest BCUT2D eigenvalue weighted by Gasteiger charge is -2.12. The molecule has 2 N–H and O–H groups in total. The van der Waals surface area contributed by atoms with Gasteiger partial charge in [0.05, 0.1) is 23.7 Å². The number of imidazole rings is 1. The van der Waals surface area contributed by atoms with Crippen molar-refractivity contribution in [1.29, 1.82) is 0 Å². The second kappa shape index (κ2) is 7.97. The Morgan fingerprint density at radius 3 is 2.59 bits per heavy atom. The number of aromatic carboxylic acids is 1. The number of halogens is 1. The standard InChI is InChI=1S/C22H17BrN2O4/c1-28-20-11-14(5-9-19(20)29-12-13-2-6-16(23)7-3-13)21-24-17-8-4-15(22(26)27)10-18(17)25-21/h2-11H,12H2,1H3,(H,24,25)(H,26,27). The highest BCUT2D eigenvalue weighted by Gasteiger charge is 2.12. The number of nitrogens with zero attached hydrogens (tertiary/aromatic N) is 1. The Morgan fingerprint density at radius 1 is 1.07 bits per heavy atom. The SMILES string of the molecule is COc1cc(-c2nc3ccc(C(=O)O)cc3[nH]2)ccc1OCc1ccc(Br)cc1. The molecule has 0 bridgehead atoms. The average Bonchev–Trinajstić information content (AvgIpc) is 3.16. The molecule has 0 aliphatic heterocycles. The molecule has 1 aromatic heterocycles. The molecule has 0 aliphatic carbocycles. The van der Waals surface area contributed by atoms with Crippen molar-refractivity contribution in [1.82, 2.24) is 9.97 Å². The van der Waals surface area contributed by atoms with Gasteiger partial charge in [0.25, 0.3) is 0 Å². The Morgan fingerprint density at radius 2 is 1.86 bits per heavy atom. The van der Waals surface area contributed by atoms with Crippen molar-refractivity contribution in [3.05, 3.63) is 76.3 Å². The van der Waals surface area contributed by atoms with E-state index in [1.54, 1.807) is 19.2 Å². The molecule has 0 radical (unpaired) electrons. The summed E-state index contributed by atoms with van der Waals surface area (Å²) in [6.45, 7) is 0.422. The number of carboxylic acids is 1. The first-order valence-corrected chi connectivity index (χ1v) is 9.61. The molecule has 4 rings (SSSR count). The molecule has 29 heavy (non-hydrogen) atoms. The van der Waals surface area contributed by atoms with Crippen LogP contribution in [0.3, 0.4) is 0 Å². The van der Waals surface area contributed by atoms with Gasteiger partial charge in [-0.25, -0.2) is 9.78 Å². The van der Waals surface area contributed by atoms with Crippen LogP contribution >= 0.6 is 15.9 Å². The summed E-state index contributed by atoms with van der Waals surface area (Å²) in [5, 5.41) is 9.15. The van der Waals surface area contributed by atoms with E-state index in [1.807, 2.05) is 42.5 Å². The highest BCUT2D eigenvalue weighted by atomic mass is 79.9. The molecule has 0 atom stereocenters. The summed E-state index contributed by atoms with van der Waals surface area (Å²) in [6.07, 6.45) is 0. The second-order valence-corrected chi connectivity index (χ2v) is 7.32. The summed E-state index contributed by atoms with van der Waals surface area (Å²) in [4.78, 5) is 18.9. The number of carboxylic acid groups (broad SMARTS) is 1. The van der Waals surface area contributed by atoms with E-state index in [4.69, 9.17) is 14.6 Å². The van der Waals surface area contributed by atoms with Gasteiger partial charge in [0, 0.05) is 10.0 Å². The van der Waals surface area contributed by atoms with Crippen LogP contribution in [-0.2, 0) is 6.61 Å². The van der Waals surface area contributed by atoms with Gasteiger partial charge in [0.15, 0.2) is 11.5 Å². The predicted molar refractivity (Wildman–Crippen MR) is 114 cm³/mol. The molecule has 3 aromatic carbocycles. The molecule has 4 aromatic rings. The van der Waals surface area contributed by atoms with Crippen LogP contribution in [0.25, 0.3) is 22.4 Å². The maximum Gasteiger partial charge on any atom is 0.335 e. The number of carbonyl (C=O) groups is 1. The number of aromatic amines is 1. The van der Waals surface area contributed by atoms with Crippen molar-refractivity contribution in [2.45, 2.75) is 6.61 Å². The van der Waals surface area contributed by atoms with Gasteiger partial charge in [-0.15, -0.1) is 0 Å². The molecule has 1 heterocycles. The lowest BCUT2D eigenvalue weighted by atomic mass is 10.2. The Labute approximate surface area is 175 Å². The van der Waals surface area contributed by atoms with E-state index in [0.29, 0.717) is 35.0 Å². The predicted octanol–water partition coefficient (Wildman–Crippen LogP) is 5.28. The molecular weight excluding hydrogens is 436 g/mol. The zero-order chi connectivity index (χ0) is 20.4. The lowest BCUT2D eigenvalue weighted by molar-refractivity contribution is 0.0697. The molecular formula is C22H17BrN2O4. The summed E-state index contributed by atoms with van der Waals surface area (Å²) >= 11 is 3.42. The summed E-state index contributed by atoms with van der Waals surface area (Å²) in [5.41, 5.74) is 3.42. The van der Waals surface area contributed by atoms with Gasteiger partial charge < -0.3 is 19.6 Å². The van der Waals surface area contributed by atoms with Crippen LogP contribution in [-0.4, -0.2) is 28.2 Å². The molecule has 0 fully saturated rings.